The van der Waals surface area contributed by atoms with E-state index < -0.39 is 6.10 Å². The summed E-state index contributed by atoms with van der Waals surface area (Å²) in [5.74, 6) is -0.136. The second kappa shape index (κ2) is 6.94. The molecule has 0 saturated heterocycles. The lowest BCUT2D eigenvalue weighted by molar-refractivity contribution is -0.118. The van der Waals surface area contributed by atoms with Gasteiger partial charge in [-0.15, -0.1) is 11.6 Å². The van der Waals surface area contributed by atoms with Crippen LogP contribution in [0, 0.1) is 0 Å². The molecule has 0 aromatic heterocycles. The van der Waals surface area contributed by atoms with Crippen LogP contribution in [0.5, 0.6) is 0 Å². The van der Waals surface area contributed by atoms with E-state index in [0.717, 1.165) is 12.8 Å². The largest absolute Gasteiger partial charge is 0.496 e. The molecule has 90 valence electrons. The molecule has 0 fully saturated rings. The summed E-state index contributed by atoms with van der Waals surface area (Å²) in [7, 11) is 0. The van der Waals surface area contributed by atoms with E-state index in [2.05, 4.69) is 0 Å². The van der Waals surface area contributed by atoms with Gasteiger partial charge >= 0.3 is 0 Å². The molecular formula is C11H14Cl2O3. The van der Waals surface area contributed by atoms with Crippen LogP contribution in [0.2, 0.25) is 0 Å². The van der Waals surface area contributed by atoms with Gasteiger partial charge in [0, 0.05) is 11.5 Å². The Labute approximate surface area is 105 Å². The molecule has 1 rings (SSSR count). The van der Waals surface area contributed by atoms with Gasteiger partial charge in [-0.2, -0.15) is 0 Å². The Morgan fingerprint density at radius 2 is 2.44 bits per heavy atom. The molecule has 0 spiro atoms. The fraction of sp³-hybridized carbons (Fsp3) is 0.545. The van der Waals surface area contributed by atoms with Crippen molar-refractivity contribution in [3.05, 3.63) is 23.4 Å². The number of carbonyl (C=O) groups is 1. The number of halogens is 2. The third kappa shape index (κ3) is 4.56. The van der Waals surface area contributed by atoms with E-state index in [9.17, 15) is 9.90 Å². The second-order valence-electron chi connectivity index (χ2n) is 3.59. The third-order valence-corrected chi connectivity index (χ3v) is 2.92. The van der Waals surface area contributed by atoms with E-state index in [4.69, 9.17) is 27.9 Å². The van der Waals surface area contributed by atoms with Crippen molar-refractivity contribution >= 4 is 29.0 Å². The number of aliphatic hydroxyl groups is 1. The van der Waals surface area contributed by atoms with Crippen molar-refractivity contribution in [3.63, 3.8) is 0 Å². The predicted molar refractivity (Wildman–Crippen MR) is 63.5 cm³/mol. The number of rotatable bonds is 5. The minimum atomic E-state index is -0.798. The van der Waals surface area contributed by atoms with Gasteiger partial charge in [-0.25, -0.2) is 0 Å². The standard InChI is InChI=1S/C11H14Cl2O3/c12-7-8(13)5-9(14)6-10(15)11-3-1-2-4-16-11/h2,4-5,10-11,15H,1,3,6-7H2. The molecule has 2 atom stereocenters. The minimum absolute atomic E-state index is 0.00557. The van der Waals surface area contributed by atoms with Crippen LogP contribution < -0.4 is 0 Å². The number of hydrogen-bond acceptors (Lipinski definition) is 3. The molecule has 16 heavy (non-hydrogen) atoms. The second-order valence-corrected chi connectivity index (χ2v) is 4.34. The Balaban J connectivity index is 2.41. The SMILES string of the molecule is O=C(C=C(Cl)CCl)CC(O)C1CCC=CO1. The van der Waals surface area contributed by atoms with Crippen molar-refractivity contribution < 1.29 is 14.6 Å². The van der Waals surface area contributed by atoms with Crippen molar-refractivity contribution in [1.29, 1.82) is 0 Å². The number of hydrogen-bond donors (Lipinski definition) is 1. The monoisotopic (exact) mass is 264 g/mol. The first kappa shape index (κ1) is 13.6. The molecule has 3 nitrogen and oxygen atoms in total. The van der Waals surface area contributed by atoms with Gasteiger partial charge in [0.2, 0.25) is 0 Å². The molecular weight excluding hydrogens is 251 g/mol. The summed E-state index contributed by atoms with van der Waals surface area (Å²) >= 11 is 11.0. The first-order chi connectivity index (χ1) is 7.63. The highest BCUT2D eigenvalue weighted by Crippen LogP contribution is 2.16. The van der Waals surface area contributed by atoms with Gasteiger partial charge in [0.1, 0.15) is 6.10 Å². The lowest BCUT2D eigenvalue weighted by Gasteiger charge is -2.23. The lowest BCUT2D eigenvalue weighted by Crippen LogP contribution is -2.30. The summed E-state index contributed by atoms with van der Waals surface area (Å²) in [6.45, 7) is 0. The number of allylic oxidation sites excluding steroid dienone is 3. The summed E-state index contributed by atoms with van der Waals surface area (Å²) in [6, 6.07) is 0. The smallest absolute Gasteiger partial charge is 0.159 e. The van der Waals surface area contributed by atoms with E-state index in [1.54, 1.807) is 6.26 Å². The summed E-state index contributed by atoms with van der Waals surface area (Å²) in [6.07, 6.45) is 5.16. The maximum atomic E-state index is 11.4. The van der Waals surface area contributed by atoms with Gasteiger partial charge in [0.15, 0.2) is 5.78 Å². The van der Waals surface area contributed by atoms with Crippen molar-refractivity contribution in [1.82, 2.24) is 0 Å². The Morgan fingerprint density at radius 3 is 3.00 bits per heavy atom. The molecule has 1 N–H and O–H groups in total. The number of alkyl halides is 1. The summed E-state index contributed by atoms with van der Waals surface area (Å²) < 4.78 is 5.21. The molecule has 0 amide bonds. The average molecular weight is 265 g/mol. The summed E-state index contributed by atoms with van der Waals surface area (Å²) in [5, 5.41) is 10.0. The number of carbonyl (C=O) groups excluding carboxylic acids is 1. The molecule has 0 radical (unpaired) electrons. The highest BCUT2D eigenvalue weighted by atomic mass is 35.5. The van der Waals surface area contributed by atoms with Crippen LogP contribution in [0.25, 0.3) is 0 Å². The van der Waals surface area contributed by atoms with Gasteiger partial charge < -0.3 is 9.84 Å². The Morgan fingerprint density at radius 1 is 1.69 bits per heavy atom. The molecule has 2 unspecified atom stereocenters. The van der Waals surface area contributed by atoms with Crippen molar-refractivity contribution in [2.75, 3.05) is 5.88 Å². The van der Waals surface area contributed by atoms with Crippen molar-refractivity contribution in [2.45, 2.75) is 31.5 Å². The summed E-state index contributed by atoms with van der Waals surface area (Å²) in [4.78, 5) is 11.4. The van der Waals surface area contributed by atoms with E-state index in [1.807, 2.05) is 6.08 Å². The zero-order chi connectivity index (χ0) is 12.0. The number of ketones is 1. The normalized spacial score (nSPS) is 22.7. The van der Waals surface area contributed by atoms with Crippen LogP contribution in [0.4, 0.5) is 0 Å². The van der Waals surface area contributed by atoms with Crippen LogP contribution in [0.1, 0.15) is 19.3 Å². The highest BCUT2D eigenvalue weighted by molar-refractivity contribution is 6.36. The van der Waals surface area contributed by atoms with Gasteiger partial charge in [0.25, 0.3) is 0 Å². The Hall–Kier alpha value is -0.510. The van der Waals surface area contributed by atoms with Crippen LogP contribution in [-0.4, -0.2) is 29.0 Å². The average Bonchev–Trinajstić information content (AvgIpc) is 2.29. The lowest BCUT2D eigenvalue weighted by atomic mass is 10.0. The van der Waals surface area contributed by atoms with E-state index in [-0.39, 0.29) is 29.2 Å². The molecule has 0 aliphatic carbocycles. The molecule has 0 bridgehead atoms. The van der Waals surface area contributed by atoms with E-state index in [0.29, 0.717) is 0 Å². The molecule has 1 aliphatic heterocycles. The molecule has 1 aliphatic rings. The van der Waals surface area contributed by atoms with Crippen LogP contribution >= 0.6 is 23.2 Å². The predicted octanol–water partition coefficient (Wildman–Crippen LogP) is 2.36. The van der Waals surface area contributed by atoms with Crippen molar-refractivity contribution in [3.8, 4) is 0 Å². The maximum Gasteiger partial charge on any atom is 0.159 e. The van der Waals surface area contributed by atoms with Crippen LogP contribution in [-0.2, 0) is 9.53 Å². The number of aliphatic hydroxyl groups excluding tert-OH is 1. The van der Waals surface area contributed by atoms with Gasteiger partial charge in [-0.3, -0.25) is 4.79 Å². The van der Waals surface area contributed by atoms with Gasteiger partial charge in [-0.1, -0.05) is 11.6 Å². The molecule has 0 saturated carbocycles. The summed E-state index contributed by atoms with van der Waals surface area (Å²) in [5.41, 5.74) is 0. The van der Waals surface area contributed by atoms with Gasteiger partial charge in [-0.05, 0) is 25.0 Å². The van der Waals surface area contributed by atoms with Crippen molar-refractivity contribution in [2.24, 2.45) is 0 Å². The molecule has 0 aromatic carbocycles. The highest BCUT2D eigenvalue weighted by Gasteiger charge is 2.22. The fourth-order valence-electron chi connectivity index (χ4n) is 1.45. The minimum Gasteiger partial charge on any atom is -0.496 e. The van der Waals surface area contributed by atoms with Crippen LogP contribution in [0.15, 0.2) is 23.4 Å². The van der Waals surface area contributed by atoms with E-state index >= 15 is 0 Å². The van der Waals surface area contributed by atoms with E-state index in [1.165, 1.54) is 6.08 Å². The first-order valence-corrected chi connectivity index (χ1v) is 5.98. The Kier molecular flexibility index (Phi) is 5.88. The van der Waals surface area contributed by atoms with Gasteiger partial charge in [0.05, 0.1) is 18.2 Å². The molecule has 1 heterocycles. The fourth-order valence-corrected chi connectivity index (χ4v) is 1.64. The first-order valence-electron chi connectivity index (χ1n) is 5.07. The molecule has 0 aromatic rings. The quantitative estimate of drug-likeness (QED) is 0.613. The number of ether oxygens (including phenoxy) is 1. The topological polar surface area (TPSA) is 46.5 Å². The Bertz CT molecular complexity index is 300. The third-order valence-electron chi connectivity index (χ3n) is 2.25. The van der Waals surface area contributed by atoms with Crippen LogP contribution in [0.3, 0.4) is 0 Å². The zero-order valence-electron chi connectivity index (χ0n) is 8.73. The zero-order valence-corrected chi connectivity index (χ0v) is 10.2. The molecule has 5 heteroatoms. The maximum absolute atomic E-state index is 11.4.